The summed E-state index contributed by atoms with van der Waals surface area (Å²) in [6.45, 7) is 2.19. The summed E-state index contributed by atoms with van der Waals surface area (Å²) in [4.78, 5) is 44.9. The lowest BCUT2D eigenvalue weighted by atomic mass is 9.76. The van der Waals surface area contributed by atoms with Crippen LogP contribution in [0, 0.1) is 3.57 Å². The first-order chi connectivity index (χ1) is 25.4. The van der Waals surface area contributed by atoms with Crippen molar-refractivity contribution >= 4 is 57.9 Å². The molecule has 3 heterocycles. The molecular weight excluding hydrogens is 765 g/mol. The molecule has 0 aliphatic carbocycles. The molecule has 3 aliphatic heterocycles. The molecule has 0 radical (unpaired) electrons. The molecule has 1 saturated heterocycles. The van der Waals surface area contributed by atoms with Crippen molar-refractivity contribution in [3.05, 3.63) is 158 Å². The third-order valence-electron chi connectivity index (χ3n) is 10.1. The molecule has 52 heavy (non-hydrogen) atoms. The maximum absolute atomic E-state index is 14.4. The molecule has 1 fully saturated rings. The highest BCUT2D eigenvalue weighted by molar-refractivity contribution is 14.1. The standard InChI is InChI=1S/C43H36IN3O5/c1-51-38-23-28(22-37(44)40(38)52-26-27-11-5-2-6-12-27)21-36-41(48)45-43(50)47(42(36)49)31-24-34-32(29-13-7-3-8-14-29)17-19-46-20-18-33(35(25-31)39(34)46)30-15-9-4-10-16-30/h2-16,21-25,32-33H,17-20,26H2,1H3,(H,45,48,50)/b36-21+/t32-,33-/m1/s1. The van der Waals surface area contributed by atoms with Gasteiger partial charge in [-0.3, -0.25) is 14.9 Å². The van der Waals surface area contributed by atoms with Gasteiger partial charge in [0.05, 0.1) is 16.4 Å². The van der Waals surface area contributed by atoms with Gasteiger partial charge in [0, 0.05) is 30.6 Å². The lowest BCUT2D eigenvalue weighted by molar-refractivity contribution is -0.122. The molecule has 5 aromatic carbocycles. The number of benzene rings is 5. The van der Waals surface area contributed by atoms with E-state index in [1.54, 1.807) is 13.2 Å². The Morgan fingerprint density at radius 1 is 0.788 bits per heavy atom. The molecule has 8 rings (SSSR count). The van der Waals surface area contributed by atoms with Gasteiger partial charge in [-0.15, -0.1) is 0 Å². The van der Waals surface area contributed by atoms with Gasteiger partial charge in [0.1, 0.15) is 12.2 Å². The average Bonchev–Trinajstić information content (AvgIpc) is 3.17. The van der Waals surface area contributed by atoms with Gasteiger partial charge in [0.15, 0.2) is 11.5 Å². The van der Waals surface area contributed by atoms with Crippen LogP contribution >= 0.6 is 22.6 Å². The van der Waals surface area contributed by atoms with Crippen molar-refractivity contribution in [2.24, 2.45) is 0 Å². The molecule has 0 unspecified atom stereocenters. The van der Waals surface area contributed by atoms with E-state index in [4.69, 9.17) is 9.47 Å². The highest BCUT2D eigenvalue weighted by Gasteiger charge is 2.40. The number of anilines is 2. The maximum Gasteiger partial charge on any atom is 0.335 e. The van der Waals surface area contributed by atoms with Crippen LogP contribution in [0.1, 0.15) is 58.1 Å². The summed E-state index contributed by atoms with van der Waals surface area (Å²) in [6.07, 6.45) is 3.32. The first-order valence-corrected chi connectivity index (χ1v) is 18.5. The first kappa shape index (κ1) is 33.7. The third kappa shape index (κ3) is 6.34. The molecule has 0 bridgehead atoms. The second kappa shape index (κ2) is 14.3. The number of barbiturate groups is 1. The van der Waals surface area contributed by atoms with Crippen LogP contribution in [0.3, 0.4) is 0 Å². The summed E-state index contributed by atoms with van der Waals surface area (Å²) in [5, 5.41) is 2.44. The number of rotatable bonds is 8. The van der Waals surface area contributed by atoms with Gasteiger partial charge >= 0.3 is 6.03 Å². The van der Waals surface area contributed by atoms with Crippen LogP contribution in [0.4, 0.5) is 16.2 Å². The fourth-order valence-corrected chi connectivity index (χ4v) is 8.50. The monoisotopic (exact) mass is 801 g/mol. The van der Waals surface area contributed by atoms with Crippen LogP contribution in [0.2, 0.25) is 0 Å². The Morgan fingerprint density at radius 3 is 1.94 bits per heavy atom. The van der Waals surface area contributed by atoms with E-state index in [0.29, 0.717) is 29.4 Å². The van der Waals surface area contributed by atoms with Gasteiger partial charge in [-0.25, -0.2) is 9.69 Å². The van der Waals surface area contributed by atoms with Crippen LogP contribution in [-0.4, -0.2) is 38.0 Å². The number of ether oxygens (including phenoxy) is 2. The number of halogens is 1. The number of carbonyl (C=O) groups is 3. The Balaban J connectivity index is 1.19. The van der Waals surface area contributed by atoms with Crippen molar-refractivity contribution in [1.29, 1.82) is 0 Å². The number of carbonyl (C=O) groups excluding carboxylic acids is 3. The van der Waals surface area contributed by atoms with Crippen molar-refractivity contribution < 1.29 is 23.9 Å². The summed E-state index contributed by atoms with van der Waals surface area (Å²) in [5.74, 6) is -0.253. The topological polar surface area (TPSA) is 88.2 Å². The first-order valence-electron chi connectivity index (χ1n) is 17.4. The molecular formula is C43H36IN3O5. The molecule has 8 nitrogen and oxygen atoms in total. The summed E-state index contributed by atoms with van der Waals surface area (Å²) >= 11 is 2.16. The predicted octanol–water partition coefficient (Wildman–Crippen LogP) is 8.42. The number of hydrogen-bond acceptors (Lipinski definition) is 6. The molecule has 2 atom stereocenters. The lowest BCUT2D eigenvalue weighted by Crippen LogP contribution is -2.54. The van der Waals surface area contributed by atoms with Crippen LogP contribution in [0.15, 0.2) is 121 Å². The Kier molecular flexibility index (Phi) is 9.27. The van der Waals surface area contributed by atoms with Gasteiger partial charge in [-0.05, 0) is 99.2 Å². The Bertz CT molecular complexity index is 2130. The van der Waals surface area contributed by atoms with Gasteiger partial charge in [0.2, 0.25) is 0 Å². The summed E-state index contributed by atoms with van der Waals surface area (Å²) in [7, 11) is 1.55. The minimum Gasteiger partial charge on any atom is -0.493 e. The van der Waals surface area contributed by atoms with Gasteiger partial charge < -0.3 is 14.4 Å². The smallest absolute Gasteiger partial charge is 0.335 e. The average molecular weight is 802 g/mol. The molecule has 0 aromatic heterocycles. The number of amides is 4. The van der Waals surface area contributed by atoms with E-state index in [2.05, 4.69) is 57.1 Å². The highest BCUT2D eigenvalue weighted by atomic mass is 127. The zero-order valence-corrected chi connectivity index (χ0v) is 30.7. The summed E-state index contributed by atoms with van der Waals surface area (Å²) in [6, 6.07) is 37.3. The van der Waals surface area contributed by atoms with Crippen molar-refractivity contribution in [3.8, 4) is 11.5 Å². The molecule has 4 amide bonds. The van der Waals surface area contributed by atoms with E-state index < -0.39 is 17.8 Å². The maximum atomic E-state index is 14.4. The van der Waals surface area contributed by atoms with Gasteiger partial charge in [-0.1, -0.05) is 91.0 Å². The van der Waals surface area contributed by atoms with E-state index >= 15 is 0 Å². The molecule has 0 saturated carbocycles. The second-order valence-electron chi connectivity index (χ2n) is 13.2. The number of methoxy groups -OCH3 is 1. The minimum absolute atomic E-state index is 0.0810. The van der Waals surface area contributed by atoms with Crippen LogP contribution in [0.25, 0.3) is 6.08 Å². The third-order valence-corrected chi connectivity index (χ3v) is 10.9. The molecule has 260 valence electrons. The Labute approximate surface area is 316 Å². The lowest BCUT2D eigenvalue weighted by Gasteiger charge is -2.44. The van der Waals surface area contributed by atoms with Gasteiger partial charge in [-0.2, -0.15) is 0 Å². The van der Waals surface area contributed by atoms with Crippen LogP contribution in [-0.2, 0) is 16.2 Å². The summed E-state index contributed by atoms with van der Waals surface area (Å²) in [5.41, 5.74) is 7.58. The fraction of sp³-hybridized carbons (Fsp3) is 0.186. The van der Waals surface area contributed by atoms with Crippen molar-refractivity contribution in [2.45, 2.75) is 31.3 Å². The number of hydrogen-bond donors (Lipinski definition) is 1. The SMILES string of the molecule is COc1cc(/C=C2\C(=O)NC(=O)N(c3cc4c5c(c3)[C@@H](c3ccccc3)CCN5CC[C@@H]4c3ccccc3)C2=O)cc(I)c1OCc1ccccc1. The number of nitrogens with zero attached hydrogens (tertiary/aromatic N) is 2. The Hall–Kier alpha value is -5.42. The van der Waals surface area contributed by atoms with E-state index in [-0.39, 0.29) is 17.4 Å². The largest absolute Gasteiger partial charge is 0.493 e. The van der Waals surface area contributed by atoms with E-state index in [0.717, 1.165) is 51.1 Å². The molecule has 0 spiro atoms. The van der Waals surface area contributed by atoms with E-state index in [1.165, 1.54) is 22.9 Å². The molecule has 9 heteroatoms. The van der Waals surface area contributed by atoms with Crippen molar-refractivity contribution in [2.75, 3.05) is 30.0 Å². The fourth-order valence-electron chi connectivity index (χ4n) is 7.72. The van der Waals surface area contributed by atoms with Crippen LogP contribution in [0.5, 0.6) is 11.5 Å². The second-order valence-corrected chi connectivity index (χ2v) is 14.4. The Morgan fingerprint density at radius 2 is 1.37 bits per heavy atom. The molecule has 1 N–H and O–H groups in total. The zero-order valence-electron chi connectivity index (χ0n) is 28.6. The predicted molar refractivity (Wildman–Crippen MR) is 210 cm³/mol. The quantitative estimate of drug-likeness (QED) is 0.0964. The minimum atomic E-state index is -0.771. The normalized spacial score (nSPS) is 19.0. The van der Waals surface area contributed by atoms with Crippen molar-refractivity contribution in [3.63, 3.8) is 0 Å². The zero-order chi connectivity index (χ0) is 35.8. The molecule has 5 aromatic rings. The van der Waals surface area contributed by atoms with Crippen LogP contribution < -0.4 is 24.6 Å². The number of imide groups is 2. The van der Waals surface area contributed by atoms with Gasteiger partial charge in [0.25, 0.3) is 11.8 Å². The number of urea groups is 1. The highest BCUT2D eigenvalue weighted by Crippen LogP contribution is 2.50. The number of nitrogens with one attached hydrogen (secondary N) is 1. The van der Waals surface area contributed by atoms with Crippen molar-refractivity contribution in [1.82, 2.24) is 5.32 Å². The van der Waals surface area contributed by atoms with E-state index in [1.807, 2.05) is 84.9 Å². The summed E-state index contributed by atoms with van der Waals surface area (Å²) < 4.78 is 12.5. The molecule has 3 aliphatic rings. The van der Waals surface area contributed by atoms with E-state index in [9.17, 15) is 14.4 Å².